The molecule has 1 saturated carbocycles. The van der Waals surface area contributed by atoms with Gasteiger partial charge in [0.2, 0.25) is 0 Å². The Morgan fingerprint density at radius 2 is 1.45 bits per heavy atom. The third-order valence-corrected chi connectivity index (χ3v) is 5.29. The molecule has 0 radical (unpaired) electrons. The second-order valence-corrected chi connectivity index (χ2v) is 6.82. The maximum absolute atomic E-state index is 6.55. The quantitative estimate of drug-likeness (QED) is 0.844. The van der Waals surface area contributed by atoms with Crippen molar-refractivity contribution in [1.29, 1.82) is 0 Å². The first-order valence-electron chi connectivity index (χ1n) is 8.84. The molecule has 2 aliphatic rings. The lowest BCUT2D eigenvalue weighted by Crippen LogP contribution is -2.50. The number of nitrogens with zero attached hydrogens (tertiary/aromatic N) is 1. The van der Waals surface area contributed by atoms with Gasteiger partial charge in [0.25, 0.3) is 0 Å². The second-order valence-electron chi connectivity index (χ2n) is 6.82. The van der Waals surface area contributed by atoms with Crippen molar-refractivity contribution in [2.75, 3.05) is 20.3 Å². The highest BCUT2D eigenvalue weighted by Crippen LogP contribution is 2.23. The van der Waals surface area contributed by atoms with Crippen molar-refractivity contribution in [3.8, 4) is 0 Å². The van der Waals surface area contributed by atoms with Crippen LogP contribution in [-0.4, -0.2) is 43.3 Å². The van der Waals surface area contributed by atoms with Crippen LogP contribution in [0.15, 0.2) is 0 Å². The molecule has 2 rings (SSSR count). The fraction of sp³-hybridized carbons (Fsp3) is 1.00. The molecule has 1 heterocycles. The average Bonchev–Trinajstić information content (AvgIpc) is 2.96. The Labute approximate surface area is 125 Å². The van der Waals surface area contributed by atoms with Gasteiger partial charge in [-0.3, -0.25) is 4.90 Å². The van der Waals surface area contributed by atoms with Gasteiger partial charge in [0, 0.05) is 24.7 Å². The van der Waals surface area contributed by atoms with Crippen LogP contribution in [-0.2, 0) is 4.74 Å². The summed E-state index contributed by atoms with van der Waals surface area (Å²) in [6, 6.07) is 1.50. The average molecular weight is 282 g/mol. The molecule has 0 spiro atoms. The Morgan fingerprint density at radius 1 is 0.850 bits per heavy atom. The van der Waals surface area contributed by atoms with E-state index in [4.69, 9.17) is 10.5 Å². The highest BCUT2D eigenvalue weighted by atomic mass is 16.5. The van der Waals surface area contributed by atoms with Crippen molar-refractivity contribution in [2.24, 2.45) is 5.73 Å². The minimum absolute atomic E-state index is 0.347. The van der Waals surface area contributed by atoms with Crippen LogP contribution in [0.25, 0.3) is 0 Å². The van der Waals surface area contributed by atoms with Gasteiger partial charge in [-0.1, -0.05) is 51.4 Å². The summed E-state index contributed by atoms with van der Waals surface area (Å²) in [5.41, 5.74) is 6.55. The van der Waals surface area contributed by atoms with Gasteiger partial charge in [0.05, 0.1) is 6.61 Å². The molecule has 1 aliphatic carbocycles. The van der Waals surface area contributed by atoms with Crippen LogP contribution in [0.3, 0.4) is 0 Å². The van der Waals surface area contributed by atoms with E-state index in [1.54, 1.807) is 0 Å². The molecule has 20 heavy (non-hydrogen) atoms. The van der Waals surface area contributed by atoms with E-state index in [0.29, 0.717) is 18.1 Å². The zero-order chi connectivity index (χ0) is 14.2. The zero-order valence-corrected chi connectivity index (χ0v) is 13.4. The first-order chi connectivity index (χ1) is 9.79. The summed E-state index contributed by atoms with van der Waals surface area (Å²) >= 11 is 0. The standard InChI is InChI=1S/C17H34N2O/c1-19(15-12-13-20-14-15)17-11-9-7-5-3-2-4-6-8-10-16(17)18/h15-17H,2-14,18H2,1H3. The van der Waals surface area contributed by atoms with Gasteiger partial charge < -0.3 is 10.5 Å². The number of nitrogens with two attached hydrogens (primary N) is 1. The van der Waals surface area contributed by atoms with Crippen molar-refractivity contribution in [1.82, 2.24) is 4.90 Å². The topological polar surface area (TPSA) is 38.5 Å². The Morgan fingerprint density at radius 3 is 2.05 bits per heavy atom. The molecule has 3 atom stereocenters. The molecule has 0 aromatic rings. The van der Waals surface area contributed by atoms with Crippen LogP contribution >= 0.6 is 0 Å². The highest BCUT2D eigenvalue weighted by Gasteiger charge is 2.29. The van der Waals surface area contributed by atoms with Crippen LogP contribution in [0, 0.1) is 0 Å². The molecule has 0 amide bonds. The lowest BCUT2D eigenvalue weighted by atomic mass is 9.93. The van der Waals surface area contributed by atoms with Gasteiger partial charge in [-0.15, -0.1) is 0 Å². The van der Waals surface area contributed by atoms with Gasteiger partial charge in [0.15, 0.2) is 0 Å². The molecule has 0 aromatic heterocycles. The van der Waals surface area contributed by atoms with Gasteiger partial charge in [-0.2, -0.15) is 0 Å². The molecular formula is C17H34N2O. The van der Waals surface area contributed by atoms with Gasteiger partial charge in [-0.25, -0.2) is 0 Å². The molecular weight excluding hydrogens is 248 g/mol. The molecule has 0 bridgehead atoms. The number of rotatable bonds is 2. The molecule has 2 fully saturated rings. The normalized spacial score (nSPS) is 34.6. The van der Waals surface area contributed by atoms with Crippen molar-refractivity contribution < 1.29 is 4.74 Å². The Balaban J connectivity index is 1.89. The van der Waals surface area contributed by atoms with Gasteiger partial charge in [-0.05, 0) is 26.3 Å². The zero-order valence-electron chi connectivity index (χ0n) is 13.4. The monoisotopic (exact) mass is 282 g/mol. The number of ether oxygens (including phenoxy) is 1. The van der Waals surface area contributed by atoms with Crippen LogP contribution < -0.4 is 5.73 Å². The van der Waals surface area contributed by atoms with Crippen molar-refractivity contribution >= 4 is 0 Å². The van der Waals surface area contributed by atoms with Crippen molar-refractivity contribution in [3.05, 3.63) is 0 Å². The summed E-state index contributed by atoms with van der Waals surface area (Å²) in [7, 11) is 2.27. The van der Waals surface area contributed by atoms with E-state index in [1.165, 1.54) is 70.6 Å². The smallest absolute Gasteiger partial charge is 0.0622 e. The summed E-state index contributed by atoms with van der Waals surface area (Å²) in [4.78, 5) is 2.55. The SMILES string of the molecule is CN(C1CCOC1)C1CCCCCCCCCCC1N. The number of hydrogen-bond donors (Lipinski definition) is 1. The predicted octanol–water partition coefficient (Wildman–Crippen LogP) is 3.32. The summed E-state index contributed by atoms with van der Waals surface area (Å²) in [6.45, 7) is 1.83. The minimum Gasteiger partial charge on any atom is -0.380 e. The maximum atomic E-state index is 6.55. The first-order valence-corrected chi connectivity index (χ1v) is 8.84. The molecule has 3 unspecified atom stereocenters. The van der Waals surface area contributed by atoms with Crippen LogP contribution in [0.2, 0.25) is 0 Å². The molecule has 1 saturated heterocycles. The maximum Gasteiger partial charge on any atom is 0.0622 e. The molecule has 3 nitrogen and oxygen atoms in total. The first kappa shape index (κ1) is 16.3. The molecule has 1 aliphatic heterocycles. The third kappa shape index (κ3) is 5.01. The predicted molar refractivity (Wildman–Crippen MR) is 84.9 cm³/mol. The largest absolute Gasteiger partial charge is 0.380 e. The minimum atomic E-state index is 0.347. The van der Waals surface area contributed by atoms with E-state index < -0.39 is 0 Å². The summed E-state index contributed by atoms with van der Waals surface area (Å²) in [6.07, 6.45) is 14.7. The number of likely N-dealkylation sites (N-methyl/N-ethyl adjacent to an activating group) is 1. The Hall–Kier alpha value is -0.120. The second kappa shape index (κ2) is 9.01. The molecule has 0 aromatic carbocycles. The van der Waals surface area contributed by atoms with Gasteiger partial charge in [0.1, 0.15) is 0 Å². The van der Waals surface area contributed by atoms with Crippen molar-refractivity contribution in [3.63, 3.8) is 0 Å². The van der Waals surface area contributed by atoms with E-state index in [1.807, 2.05) is 0 Å². The van der Waals surface area contributed by atoms with E-state index in [-0.39, 0.29) is 0 Å². The van der Waals surface area contributed by atoms with Crippen LogP contribution in [0.5, 0.6) is 0 Å². The summed E-state index contributed by atoms with van der Waals surface area (Å²) in [5.74, 6) is 0. The molecule has 118 valence electrons. The third-order valence-electron chi connectivity index (χ3n) is 5.29. The summed E-state index contributed by atoms with van der Waals surface area (Å²) < 4.78 is 5.56. The highest BCUT2D eigenvalue weighted by molar-refractivity contribution is 4.86. The van der Waals surface area contributed by atoms with Gasteiger partial charge >= 0.3 is 0 Å². The Kier molecular flexibility index (Phi) is 7.32. The number of hydrogen-bond acceptors (Lipinski definition) is 3. The lowest BCUT2D eigenvalue weighted by Gasteiger charge is -2.36. The molecule has 2 N–H and O–H groups in total. The molecule has 3 heteroatoms. The van der Waals surface area contributed by atoms with Crippen molar-refractivity contribution in [2.45, 2.75) is 88.8 Å². The van der Waals surface area contributed by atoms with Crippen LogP contribution in [0.1, 0.15) is 70.6 Å². The van der Waals surface area contributed by atoms with E-state index in [9.17, 15) is 0 Å². The Bertz CT molecular complexity index is 253. The lowest BCUT2D eigenvalue weighted by molar-refractivity contribution is 0.111. The van der Waals surface area contributed by atoms with E-state index in [2.05, 4.69) is 11.9 Å². The fourth-order valence-corrected chi connectivity index (χ4v) is 3.82. The van der Waals surface area contributed by atoms with E-state index in [0.717, 1.165) is 13.2 Å². The fourth-order valence-electron chi connectivity index (χ4n) is 3.82. The van der Waals surface area contributed by atoms with Crippen LogP contribution in [0.4, 0.5) is 0 Å². The summed E-state index contributed by atoms with van der Waals surface area (Å²) in [5, 5.41) is 0. The van der Waals surface area contributed by atoms with E-state index >= 15 is 0 Å².